The Labute approximate surface area is 353 Å². The highest BCUT2D eigenvalue weighted by atomic mass is 28.4. The molecule has 5 atom stereocenters. The average molecular weight is 837 g/mol. The van der Waals surface area contributed by atoms with Gasteiger partial charge in [-0.05, 0) is 35.5 Å². The summed E-state index contributed by atoms with van der Waals surface area (Å²) in [6.45, 7) is 11.3. The number of nitrogens with one attached hydrogen (secondary N) is 3. The molecule has 3 aromatic heterocycles. The molecule has 2 saturated carbocycles. The first-order chi connectivity index (χ1) is 29.9. The molecule has 6 bridgehead atoms. The Morgan fingerprint density at radius 3 is 1.85 bits per heavy atom. The van der Waals surface area contributed by atoms with Crippen LogP contribution in [0.1, 0.15) is 83.8 Å². The van der Waals surface area contributed by atoms with Gasteiger partial charge < -0.3 is 24.8 Å². The lowest BCUT2D eigenvalue weighted by molar-refractivity contribution is 0.0262. The highest BCUT2D eigenvalue weighted by Crippen LogP contribution is 2.48. The molecule has 0 spiro atoms. The molecule has 9 aliphatic rings. The van der Waals surface area contributed by atoms with Crippen LogP contribution in [0.3, 0.4) is 0 Å². The van der Waals surface area contributed by atoms with E-state index in [9.17, 15) is 0 Å². The van der Waals surface area contributed by atoms with Crippen LogP contribution in [-0.2, 0) is 8.85 Å². The van der Waals surface area contributed by atoms with Crippen molar-refractivity contribution in [3.05, 3.63) is 59.0 Å². The van der Waals surface area contributed by atoms with Gasteiger partial charge >= 0.3 is 8.88 Å². The van der Waals surface area contributed by atoms with Crippen molar-refractivity contribution < 1.29 is 8.85 Å². The summed E-state index contributed by atoms with van der Waals surface area (Å²) in [7, 11) is -4.31. The van der Waals surface area contributed by atoms with Crippen molar-refractivity contribution in [1.29, 1.82) is 0 Å². The van der Waals surface area contributed by atoms with E-state index in [1.54, 1.807) is 24.8 Å². The molecule has 0 aromatic carbocycles. The Morgan fingerprint density at radius 2 is 1.20 bits per heavy atom. The maximum atomic E-state index is 7.95. The van der Waals surface area contributed by atoms with Crippen LogP contribution >= 0.6 is 0 Å². The molecular weight excluding hydrogens is 789 g/mol. The van der Waals surface area contributed by atoms with E-state index < -0.39 is 15.0 Å². The maximum Gasteiger partial charge on any atom is 0.599 e. The first kappa shape index (κ1) is 37.0. The molecule has 5 unspecified atom stereocenters. The summed E-state index contributed by atoms with van der Waals surface area (Å²) in [6, 6.07) is 0. The molecule has 0 radical (unpaired) electrons. The van der Waals surface area contributed by atoms with Crippen LogP contribution in [0.25, 0.3) is 11.0 Å². The predicted octanol–water partition coefficient (Wildman–Crippen LogP) is 4.72. The standard InChI is InChI=1S/C42H48N16O2Si/c1-21-7-5-8-22(2)25(21)19-59-61(60-20-26-23(3)9-6-10-24(26)4)57-39-31-32(48-16-15-47-31)41(57)55-37-29-30(46-14-13-45-29)38(52-37)56-42-34-33(49-17-18-50-34)40(58(42)61)54-36-28-27(35(51-36)53-39)43-11-12-44-28/h11,14-18,21-26,40,44-45H,5-10,12-13,19-20H2,1-4H3,(H,51,53,54)/b55-37-,56-42?. The largest absolute Gasteiger partial charge is 0.599 e. The van der Waals surface area contributed by atoms with Crippen LogP contribution in [0, 0.1) is 35.5 Å². The number of hydrogen-bond acceptors (Lipinski definition) is 17. The fraction of sp³-hybridized carbons (Fsp3) is 0.500. The topological polar surface area (TPSA) is 201 Å². The minimum atomic E-state index is -4.31. The van der Waals surface area contributed by atoms with Crippen molar-refractivity contribution in [1.82, 2.24) is 44.7 Å². The van der Waals surface area contributed by atoms with E-state index >= 15 is 0 Å². The molecule has 61 heavy (non-hydrogen) atoms. The van der Waals surface area contributed by atoms with E-state index in [1.165, 1.54) is 12.8 Å². The lowest BCUT2D eigenvalue weighted by Crippen LogP contribution is -2.68. The first-order valence-electron chi connectivity index (χ1n) is 21.8. The van der Waals surface area contributed by atoms with Gasteiger partial charge in [0.2, 0.25) is 0 Å². The maximum absolute atomic E-state index is 7.95. The molecule has 18 nitrogen and oxygen atoms in total. The van der Waals surface area contributed by atoms with Crippen LogP contribution < -0.4 is 16.0 Å². The molecule has 312 valence electrons. The summed E-state index contributed by atoms with van der Waals surface area (Å²) in [5.74, 6) is 5.50. The lowest BCUT2D eigenvalue weighted by Gasteiger charge is -2.45. The van der Waals surface area contributed by atoms with Crippen molar-refractivity contribution in [2.24, 2.45) is 70.5 Å². The molecule has 0 amide bonds. The number of nitrogens with zero attached hydrogens (tertiary/aromatic N) is 13. The third-order valence-electron chi connectivity index (χ3n) is 14.2. The quantitative estimate of drug-likeness (QED) is 0.292. The summed E-state index contributed by atoms with van der Waals surface area (Å²) >= 11 is 0. The van der Waals surface area contributed by atoms with E-state index in [1.807, 2.05) is 12.4 Å². The number of amidine groups is 5. The molecule has 2 aliphatic carbocycles. The van der Waals surface area contributed by atoms with E-state index in [4.69, 9.17) is 63.7 Å². The number of aliphatic imine (C=N–C) groups is 7. The molecule has 2 fully saturated rings. The van der Waals surface area contributed by atoms with Crippen LogP contribution in [0.15, 0.2) is 82.5 Å². The van der Waals surface area contributed by atoms with E-state index in [-0.39, 0.29) is 11.8 Å². The molecule has 3 aromatic rings. The molecule has 7 aliphatic heterocycles. The smallest absolute Gasteiger partial charge is 0.375 e. The van der Waals surface area contributed by atoms with Crippen molar-refractivity contribution in [3.63, 3.8) is 0 Å². The van der Waals surface area contributed by atoms with Gasteiger partial charge in [0, 0.05) is 50.4 Å². The zero-order chi connectivity index (χ0) is 41.0. The second-order valence-electron chi connectivity index (χ2n) is 17.7. The van der Waals surface area contributed by atoms with Gasteiger partial charge in [-0.25, -0.2) is 39.9 Å². The Bertz CT molecular complexity index is 2620. The molecule has 12 rings (SSSR count). The number of rotatable bonds is 6. The van der Waals surface area contributed by atoms with Gasteiger partial charge in [-0.1, -0.05) is 66.2 Å². The van der Waals surface area contributed by atoms with Crippen LogP contribution in [0.5, 0.6) is 0 Å². The minimum Gasteiger partial charge on any atom is -0.375 e. The van der Waals surface area contributed by atoms with Gasteiger partial charge in [0.05, 0.1) is 13.1 Å². The van der Waals surface area contributed by atoms with E-state index in [0.717, 1.165) is 31.4 Å². The molecular formula is C42H48N16O2Si. The summed E-state index contributed by atoms with van der Waals surface area (Å²) in [4.78, 5) is 56.4. The van der Waals surface area contributed by atoms with Crippen LogP contribution in [-0.4, -0.2) is 106 Å². The number of hydrogen-bond donors (Lipinski definition) is 3. The molecule has 3 N–H and O–H groups in total. The fourth-order valence-corrected chi connectivity index (χ4v) is 14.3. The minimum absolute atomic E-state index is 0.262. The molecule has 19 heteroatoms. The van der Waals surface area contributed by atoms with Crippen molar-refractivity contribution in [2.75, 3.05) is 26.3 Å². The van der Waals surface area contributed by atoms with Gasteiger partial charge in [-0.15, -0.1) is 0 Å². The number of aromatic nitrogens is 5. The van der Waals surface area contributed by atoms with Crippen molar-refractivity contribution >= 4 is 73.2 Å². The van der Waals surface area contributed by atoms with Gasteiger partial charge in [-0.3, -0.25) is 23.8 Å². The van der Waals surface area contributed by atoms with Crippen molar-refractivity contribution in [3.8, 4) is 0 Å². The van der Waals surface area contributed by atoms with E-state index in [0.29, 0.717) is 130 Å². The Balaban J connectivity index is 1.21. The van der Waals surface area contributed by atoms with Crippen molar-refractivity contribution in [2.45, 2.75) is 72.4 Å². The summed E-state index contributed by atoms with van der Waals surface area (Å²) in [6.07, 6.45) is 16.7. The third kappa shape index (κ3) is 5.62. The molecule has 10 heterocycles. The van der Waals surface area contributed by atoms with Gasteiger partial charge in [0.15, 0.2) is 40.8 Å². The monoisotopic (exact) mass is 836 g/mol. The van der Waals surface area contributed by atoms with Gasteiger partial charge in [0.25, 0.3) is 0 Å². The Morgan fingerprint density at radius 1 is 0.639 bits per heavy atom. The van der Waals surface area contributed by atoms with Crippen LogP contribution in [0.2, 0.25) is 0 Å². The lowest BCUT2D eigenvalue weighted by atomic mass is 9.74. The first-order valence-corrected chi connectivity index (χ1v) is 23.6. The Kier molecular flexibility index (Phi) is 8.57. The zero-order valence-electron chi connectivity index (χ0n) is 34.7. The Hall–Kier alpha value is -5.79. The van der Waals surface area contributed by atoms with E-state index in [2.05, 4.69) is 52.4 Å². The van der Waals surface area contributed by atoms with Gasteiger partial charge in [0.1, 0.15) is 51.4 Å². The second-order valence-corrected chi connectivity index (χ2v) is 20.4. The summed E-state index contributed by atoms with van der Waals surface area (Å²) in [5.41, 5.74) is 4.89. The number of fused-ring (bicyclic) bond motifs is 12. The van der Waals surface area contributed by atoms with Gasteiger partial charge in [-0.2, -0.15) is 0 Å². The highest BCUT2D eigenvalue weighted by Gasteiger charge is 2.63. The third-order valence-corrected chi connectivity index (χ3v) is 17.3. The second kappa shape index (κ2) is 14.1. The zero-order valence-corrected chi connectivity index (χ0v) is 35.7. The normalized spacial score (nSPS) is 33.5. The summed E-state index contributed by atoms with van der Waals surface area (Å²) < 4.78 is 20.1. The molecule has 0 saturated heterocycles. The average Bonchev–Trinajstić information content (AvgIpc) is 3.99. The SMILES string of the molecule is CC1CCCC(C)C1CO[Si]1(OCC2C(C)CCCC2C)N2C3=NC4=N/C(=N\c5c6nccnc6c(n51)/N=C1\N=C(NC2c2nccnc23)C2=C1N=CCN2)C1=C4N=CCN1. The highest BCUT2D eigenvalue weighted by molar-refractivity contribution is 6.68. The fourth-order valence-electron chi connectivity index (χ4n) is 10.8. The predicted molar refractivity (Wildman–Crippen MR) is 234 cm³/mol. The summed E-state index contributed by atoms with van der Waals surface area (Å²) in [5, 5.41) is 10.8. The van der Waals surface area contributed by atoms with Crippen LogP contribution in [0.4, 0.5) is 11.6 Å².